The van der Waals surface area contributed by atoms with Gasteiger partial charge in [-0.1, -0.05) is 34.6 Å². The highest BCUT2D eigenvalue weighted by atomic mass is 16.2. The van der Waals surface area contributed by atoms with E-state index in [0.29, 0.717) is 23.8 Å². The van der Waals surface area contributed by atoms with Gasteiger partial charge in [0, 0.05) is 26.2 Å². The minimum atomic E-state index is -0.312. The minimum absolute atomic E-state index is 0.122. The molecule has 3 heterocycles. The smallest absolute Gasteiger partial charge is 0.245 e. The molecule has 32 heavy (non-hydrogen) atoms. The fourth-order valence-corrected chi connectivity index (χ4v) is 5.69. The van der Waals surface area contributed by atoms with Crippen LogP contribution in [0.15, 0.2) is 0 Å². The quantitative estimate of drug-likeness (QED) is 0.588. The third kappa shape index (κ3) is 6.69. The first-order valence-corrected chi connectivity index (χ1v) is 13.2. The number of carbonyl (C=O) groups excluding carboxylic acids is 2. The molecule has 0 spiro atoms. The van der Waals surface area contributed by atoms with E-state index < -0.39 is 0 Å². The standard InChI is InChI=1S/C26H48N4O2/c1-20(2)18-22-24(31)30(17-11-27-22)23(19-21(3)4)25(32)29-15-9-26(5,10-16-29)8-14-28-12-6-7-13-28/h20-23,27H,6-19H2,1-5H3/t22-,23?/m0/s1. The Morgan fingerprint density at radius 2 is 1.69 bits per heavy atom. The Labute approximate surface area is 196 Å². The Morgan fingerprint density at radius 3 is 2.28 bits per heavy atom. The molecule has 0 aromatic carbocycles. The number of hydrogen-bond donors (Lipinski definition) is 1. The van der Waals surface area contributed by atoms with E-state index in [4.69, 9.17) is 0 Å². The summed E-state index contributed by atoms with van der Waals surface area (Å²) in [6.07, 6.45) is 7.66. The van der Waals surface area contributed by atoms with E-state index in [-0.39, 0.29) is 23.9 Å². The molecule has 3 saturated heterocycles. The summed E-state index contributed by atoms with van der Waals surface area (Å²) in [6.45, 7) is 17.8. The van der Waals surface area contributed by atoms with Crippen LogP contribution in [-0.4, -0.2) is 84.4 Å². The van der Waals surface area contributed by atoms with Crippen molar-refractivity contribution in [2.75, 3.05) is 45.8 Å². The van der Waals surface area contributed by atoms with Gasteiger partial charge in [-0.3, -0.25) is 9.59 Å². The molecule has 0 saturated carbocycles. The molecule has 0 aromatic heterocycles. The molecule has 6 heteroatoms. The largest absolute Gasteiger partial charge is 0.341 e. The molecule has 2 atom stereocenters. The molecular formula is C26H48N4O2. The van der Waals surface area contributed by atoms with E-state index in [0.717, 1.165) is 45.3 Å². The maximum atomic E-state index is 13.7. The van der Waals surface area contributed by atoms with E-state index in [1.165, 1.54) is 38.9 Å². The zero-order chi connectivity index (χ0) is 23.3. The number of carbonyl (C=O) groups is 2. The zero-order valence-corrected chi connectivity index (χ0v) is 21.4. The van der Waals surface area contributed by atoms with Gasteiger partial charge in [0.05, 0.1) is 6.04 Å². The van der Waals surface area contributed by atoms with Crippen LogP contribution in [0.4, 0.5) is 0 Å². The summed E-state index contributed by atoms with van der Waals surface area (Å²) in [5, 5.41) is 3.38. The van der Waals surface area contributed by atoms with Gasteiger partial charge < -0.3 is 20.0 Å². The molecule has 2 amide bonds. The van der Waals surface area contributed by atoms with Crippen molar-refractivity contribution in [2.24, 2.45) is 17.3 Å². The van der Waals surface area contributed by atoms with Crippen molar-refractivity contribution in [1.29, 1.82) is 0 Å². The normalized spacial score (nSPS) is 25.7. The lowest BCUT2D eigenvalue weighted by Gasteiger charge is -2.44. The summed E-state index contributed by atoms with van der Waals surface area (Å²) in [7, 11) is 0. The fraction of sp³-hybridized carbons (Fsp3) is 0.923. The van der Waals surface area contributed by atoms with Crippen LogP contribution in [0.3, 0.4) is 0 Å². The molecule has 0 bridgehead atoms. The number of likely N-dealkylation sites (tertiary alicyclic amines) is 2. The number of nitrogens with one attached hydrogen (secondary N) is 1. The maximum absolute atomic E-state index is 13.7. The van der Waals surface area contributed by atoms with E-state index in [9.17, 15) is 9.59 Å². The molecule has 1 N–H and O–H groups in total. The summed E-state index contributed by atoms with van der Waals surface area (Å²) in [6, 6.07) is -0.463. The van der Waals surface area contributed by atoms with E-state index in [1.807, 2.05) is 4.90 Å². The monoisotopic (exact) mass is 448 g/mol. The Balaban J connectivity index is 1.60. The third-order valence-corrected chi connectivity index (χ3v) is 7.90. The SMILES string of the molecule is CC(C)CC(C(=O)N1CCC(C)(CCN2CCCC2)CC1)N1CCN[C@@H](CC(C)C)C1=O. The van der Waals surface area contributed by atoms with Crippen LogP contribution in [0.1, 0.15) is 79.6 Å². The average molecular weight is 449 g/mol. The summed E-state index contributed by atoms with van der Waals surface area (Å²) < 4.78 is 0. The Bertz CT molecular complexity index is 621. The van der Waals surface area contributed by atoms with Gasteiger partial charge in [0.1, 0.15) is 6.04 Å². The van der Waals surface area contributed by atoms with Gasteiger partial charge in [-0.2, -0.15) is 0 Å². The molecule has 1 unspecified atom stereocenters. The van der Waals surface area contributed by atoms with Crippen molar-refractivity contribution in [3.05, 3.63) is 0 Å². The predicted molar refractivity (Wildman–Crippen MR) is 130 cm³/mol. The molecule has 3 aliphatic heterocycles. The lowest BCUT2D eigenvalue weighted by atomic mass is 9.77. The maximum Gasteiger partial charge on any atom is 0.245 e. The number of nitrogens with zero attached hydrogens (tertiary/aromatic N) is 3. The van der Waals surface area contributed by atoms with Crippen LogP contribution < -0.4 is 5.32 Å². The second-order valence-corrected chi connectivity index (χ2v) is 11.7. The van der Waals surface area contributed by atoms with Crippen LogP contribution in [-0.2, 0) is 9.59 Å². The summed E-state index contributed by atoms with van der Waals surface area (Å²) in [4.78, 5) is 33.5. The van der Waals surface area contributed by atoms with Gasteiger partial charge in [0.25, 0.3) is 0 Å². The van der Waals surface area contributed by atoms with Crippen LogP contribution >= 0.6 is 0 Å². The van der Waals surface area contributed by atoms with E-state index in [1.54, 1.807) is 0 Å². The minimum Gasteiger partial charge on any atom is -0.341 e. The van der Waals surface area contributed by atoms with E-state index >= 15 is 0 Å². The number of piperidine rings is 1. The molecule has 3 rings (SSSR count). The molecule has 6 nitrogen and oxygen atoms in total. The number of hydrogen-bond acceptors (Lipinski definition) is 4. The summed E-state index contributed by atoms with van der Waals surface area (Å²) in [5.41, 5.74) is 0.333. The van der Waals surface area contributed by atoms with Crippen LogP contribution in [0, 0.1) is 17.3 Å². The second-order valence-electron chi connectivity index (χ2n) is 11.7. The van der Waals surface area contributed by atoms with Crippen molar-refractivity contribution in [3.8, 4) is 0 Å². The molecular weight excluding hydrogens is 400 g/mol. The highest BCUT2D eigenvalue weighted by molar-refractivity contribution is 5.90. The molecule has 0 radical (unpaired) electrons. The van der Waals surface area contributed by atoms with Crippen LogP contribution in [0.2, 0.25) is 0 Å². The van der Waals surface area contributed by atoms with Crippen molar-refractivity contribution in [2.45, 2.75) is 91.6 Å². The molecule has 0 aliphatic carbocycles. The first-order valence-electron chi connectivity index (χ1n) is 13.2. The molecule has 184 valence electrons. The summed E-state index contributed by atoms with van der Waals surface area (Å²) in [5.74, 6) is 1.14. The number of rotatable bonds is 9. The number of piperazine rings is 1. The van der Waals surface area contributed by atoms with Crippen LogP contribution in [0.5, 0.6) is 0 Å². The van der Waals surface area contributed by atoms with Gasteiger partial charge in [0.15, 0.2) is 0 Å². The van der Waals surface area contributed by atoms with Gasteiger partial charge >= 0.3 is 0 Å². The second kappa shape index (κ2) is 11.3. The Kier molecular flexibility index (Phi) is 9.02. The van der Waals surface area contributed by atoms with Crippen molar-refractivity contribution >= 4 is 11.8 Å². The lowest BCUT2D eigenvalue weighted by Crippen LogP contribution is -2.62. The predicted octanol–water partition coefficient (Wildman–Crippen LogP) is 3.36. The van der Waals surface area contributed by atoms with Crippen molar-refractivity contribution in [3.63, 3.8) is 0 Å². The lowest BCUT2D eigenvalue weighted by molar-refractivity contribution is -0.151. The Morgan fingerprint density at radius 1 is 1.03 bits per heavy atom. The van der Waals surface area contributed by atoms with Crippen molar-refractivity contribution in [1.82, 2.24) is 20.0 Å². The van der Waals surface area contributed by atoms with Crippen molar-refractivity contribution < 1.29 is 9.59 Å². The molecule has 3 aliphatic rings. The zero-order valence-electron chi connectivity index (χ0n) is 21.4. The average Bonchev–Trinajstić information content (AvgIpc) is 3.26. The van der Waals surface area contributed by atoms with Crippen LogP contribution in [0.25, 0.3) is 0 Å². The van der Waals surface area contributed by atoms with E-state index in [2.05, 4.69) is 49.7 Å². The Hall–Kier alpha value is -1.14. The first-order chi connectivity index (χ1) is 15.2. The first kappa shape index (κ1) is 25.5. The highest BCUT2D eigenvalue weighted by Crippen LogP contribution is 2.35. The van der Waals surface area contributed by atoms with Gasteiger partial charge in [-0.05, 0) is 81.8 Å². The van der Waals surface area contributed by atoms with Gasteiger partial charge in [0.2, 0.25) is 11.8 Å². The topological polar surface area (TPSA) is 55.9 Å². The van der Waals surface area contributed by atoms with Gasteiger partial charge in [-0.15, -0.1) is 0 Å². The third-order valence-electron chi connectivity index (χ3n) is 7.90. The number of amides is 2. The fourth-order valence-electron chi connectivity index (χ4n) is 5.69. The highest BCUT2D eigenvalue weighted by Gasteiger charge is 2.40. The summed E-state index contributed by atoms with van der Waals surface area (Å²) >= 11 is 0. The molecule has 3 fully saturated rings. The van der Waals surface area contributed by atoms with Gasteiger partial charge in [-0.25, -0.2) is 0 Å². The molecule has 0 aromatic rings.